The molecule has 0 aliphatic carbocycles. The Morgan fingerprint density at radius 2 is 2.17 bits per heavy atom. The van der Waals surface area contributed by atoms with Crippen molar-refractivity contribution in [1.29, 1.82) is 0 Å². The summed E-state index contributed by atoms with van der Waals surface area (Å²) in [6.07, 6.45) is 3.38. The van der Waals surface area contributed by atoms with E-state index in [2.05, 4.69) is 15.3 Å². The van der Waals surface area contributed by atoms with Gasteiger partial charge in [0.2, 0.25) is 0 Å². The normalized spacial score (nSPS) is 21.0. The van der Waals surface area contributed by atoms with Gasteiger partial charge < -0.3 is 10.4 Å². The molecule has 1 aliphatic heterocycles. The van der Waals surface area contributed by atoms with Crippen molar-refractivity contribution in [3.05, 3.63) is 59.7 Å². The van der Waals surface area contributed by atoms with Crippen LogP contribution in [0.5, 0.6) is 0 Å². The third-order valence-electron chi connectivity index (χ3n) is 3.90. The SMILES string of the molecule is O=C(N[C@@H]1CN(Cc2cccc(F)c2F)C[C@H]1O)c1cnccn1. The lowest BCUT2D eigenvalue weighted by molar-refractivity contribution is 0.0883. The predicted molar refractivity (Wildman–Crippen MR) is 80.9 cm³/mol. The van der Waals surface area contributed by atoms with Gasteiger partial charge in [-0.05, 0) is 6.07 Å². The minimum Gasteiger partial charge on any atom is -0.390 e. The summed E-state index contributed by atoms with van der Waals surface area (Å²) in [6.45, 7) is 0.725. The molecule has 2 atom stereocenters. The number of aromatic nitrogens is 2. The zero-order chi connectivity index (χ0) is 17.1. The number of β-amino-alcohol motifs (C(OH)–C–C–N with tert-alkyl or cyclic N) is 1. The number of halogens is 2. The lowest BCUT2D eigenvalue weighted by Gasteiger charge is -2.17. The van der Waals surface area contributed by atoms with Crippen molar-refractivity contribution in [2.45, 2.75) is 18.7 Å². The van der Waals surface area contributed by atoms with Crippen LogP contribution in [0.15, 0.2) is 36.8 Å². The molecule has 0 unspecified atom stereocenters. The molecule has 126 valence electrons. The van der Waals surface area contributed by atoms with E-state index < -0.39 is 29.7 Å². The molecule has 1 amide bonds. The molecule has 1 aromatic carbocycles. The van der Waals surface area contributed by atoms with Crippen LogP contribution in [0.25, 0.3) is 0 Å². The van der Waals surface area contributed by atoms with E-state index >= 15 is 0 Å². The zero-order valence-electron chi connectivity index (χ0n) is 12.7. The fourth-order valence-electron chi connectivity index (χ4n) is 2.71. The Bertz CT molecular complexity index is 729. The van der Waals surface area contributed by atoms with E-state index in [0.29, 0.717) is 6.54 Å². The Morgan fingerprint density at radius 3 is 2.92 bits per heavy atom. The Labute approximate surface area is 137 Å². The monoisotopic (exact) mass is 334 g/mol. The van der Waals surface area contributed by atoms with Crippen molar-refractivity contribution >= 4 is 5.91 Å². The van der Waals surface area contributed by atoms with Crippen LogP contribution in [0.4, 0.5) is 8.78 Å². The minimum absolute atomic E-state index is 0.151. The third kappa shape index (κ3) is 3.55. The summed E-state index contributed by atoms with van der Waals surface area (Å²) in [4.78, 5) is 21.5. The Kier molecular flexibility index (Phi) is 4.77. The molecule has 0 radical (unpaired) electrons. The van der Waals surface area contributed by atoms with Gasteiger partial charge in [-0.1, -0.05) is 12.1 Å². The summed E-state index contributed by atoms with van der Waals surface area (Å²) >= 11 is 0. The first-order valence-corrected chi connectivity index (χ1v) is 7.45. The third-order valence-corrected chi connectivity index (χ3v) is 3.90. The van der Waals surface area contributed by atoms with Crippen LogP contribution in [0, 0.1) is 11.6 Å². The Morgan fingerprint density at radius 1 is 1.33 bits per heavy atom. The molecular weight excluding hydrogens is 318 g/mol. The lowest BCUT2D eigenvalue weighted by Crippen LogP contribution is -2.43. The van der Waals surface area contributed by atoms with Crippen LogP contribution >= 0.6 is 0 Å². The topological polar surface area (TPSA) is 78.4 Å². The van der Waals surface area contributed by atoms with Crippen LogP contribution in [0.3, 0.4) is 0 Å². The van der Waals surface area contributed by atoms with E-state index in [4.69, 9.17) is 0 Å². The number of hydrogen-bond acceptors (Lipinski definition) is 5. The van der Waals surface area contributed by atoms with E-state index in [1.54, 1.807) is 4.90 Å². The van der Waals surface area contributed by atoms with Crippen molar-refractivity contribution in [2.24, 2.45) is 0 Å². The molecule has 24 heavy (non-hydrogen) atoms. The number of hydrogen-bond donors (Lipinski definition) is 2. The second kappa shape index (κ2) is 6.98. The molecule has 8 heteroatoms. The van der Waals surface area contributed by atoms with Gasteiger partial charge in [0.1, 0.15) is 5.69 Å². The summed E-state index contributed by atoms with van der Waals surface area (Å²) < 4.78 is 27.0. The van der Waals surface area contributed by atoms with Gasteiger partial charge in [-0.15, -0.1) is 0 Å². The second-order valence-electron chi connectivity index (χ2n) is 5.64. The highest BCUT2D eigenvalue weighted by molar-refractivity contribution is 5.92. The number of nitrogens with zero attached hydrogens (tertiary/aromatic N) is 3. The van der Waals surface area contributed by atoms with Crippen LogP contribution in [0.1, 0.15) is 16.1 Å². The molecule has 0 saturated carbocycles. The van der Waals surface area contributed by atoms with E-state index in [9.17, 15) is 18.7 Å². The van der Waals surface area contributed by atoms with E-state index in [0.717, 1.165) is 6.07 Å². The molecule has 0 bridgehead atoms. The Balaban J connectivity index is 1.62. The van der Waals surface area contributed by atoms with Crippen molar-refractivity contribution in [3.8, 4) is 0 Å². The number of benzene rings is 1. The number of aliphatic hydroxyl groups is 1. The quantitative estimate of drug-likeness (QED) is 0.862. The Hall–Kier alpha value is -2.45. The summed E-state index contributed by atoms with van der Waals surface area (Å²) in [6, 6.07) is 3.47. The molecule has 2 N–H and O–H groups in total. The first-order valence-electron chi connectivity index (χ1n) is 7.45. The maximum absolute atomic E-state index is 13.7. The standard InChI is InChI=1S/C16H16F2N4O2/c17-11-3-1-2-10(15(11)18)7-22-8-13(14(23)9-22)21-16(24)12-6-19-4-5-20-12/h1-6,13-14,23H,7-9H2,(H,21,24)/t13-,14-/m1/s1. The lowest BCUT2D eigenvalue weighted by atomic mass is 10.2. The molecule has 2 aromatic rings. The minimum atomic E-state index is -0.903. The molecule has 6 nitrogen and oxygen atoms in total. The first kappa shape index (κ1) is 16.4. The van der Waals surface area contributed by atoms with E-state index in [-0.39, 0.29) is 24.3 Å². The summed E-state index contributed by atoms with van der Waals surface area (Å²) in [5.74, 6) is -2.23. The van der Waals surface area contributed by atoms with Gasteiger partial charge in [0.25, 0.3) is 5.91 Å². The van der Waals surface area contributed by atoms with Gasteiger partial charge in [0, 0.05) is 37.6 Å². The number of amides is 1. The molecule has 2 heterocycles. The maximum Gasteiger partial charge on any atom is 0.271 e. The predicted octanol–water partition coefficient (Wildman–Crippen LogP) is 0.730. The molecule has 1 aliphatic rings. The molecule has 1 fully saturated rings. The molecule has 1 aromatic heterocycles. The van der Waals surface area contributed by atoms with E-state index in [1.807, 2.05) is 0 Å². The highest BCUT2D eigenvalue weighted by Gasteiger charge is 2.33. The summed E-state index contributed by atoms with van der Waals surface area (Å²) in [5, 5.41) is 12.8. The summed E-state index contributed by atoms with van der Waals surface area (Å²) in [7, 11) is 0. The average molecular weight is 334 g/mol. The van der Waals surface area contributed by atoms with Crippen LogP contribution in [-0.2, 0) is 6.54 Å². The number of rotatable bonds is 4. The highest BCUT2D eigenvalue weighted by atomic mass is 19.2. The van der Waals surface area contributed by atoms with Crippen LogP contribution in [-0.4, -0.2) is 51.1 Å². The van der Waals surface area contributed by atoms with Crippen molar-refractivity contribution in [3.63, 3.8) is 0 Å². The van der Waals surface area contributed by atoms with Gasteiger partial charge in [-0.25, -0.2) is 13.8 Å². The molecule has 0 spiro atoms. The fraction of sp³-hybridized carbons (Fsp3) is 0.312. The van der Waals surface area contributed by atoms with Gasteiger partial charge in [-0.2, -0.15) is 0 Å². The van der Waals surface area contributed by atoms with Gasteiger partial charge in [0.05, 0.1) is 18.3 Å². The second-order valence-corrected chi connectivity index (χ2v) is 5.64. The van der Waals surface area contributed by atoms with Gasteiger partial charge in [-0.3, -0.25) is 14.7 Å². The van der Waals surface area contributed by atoms with Crippen molar-refractivity contribution < 1.29 is 18.7 Å². The fourth-order valence-corrected chi connectivity index (χ4v) is 2.71. The first-order chi connectivity index (χ1) is 11.5. The summed E-state index contributed by atoms with van der Waals surface area (Å²) in [5.41, 5.74) is 0.363. The van der Waals surface area contributed by atoms with Crippen molar-refractivity contribution in [2.75, 3.05) is 13.1 Å². The van der Waals surface area contributed by atoms with Gasteiger partial charge in [0.15, 0.2) is 11.6 Å². The van der Waals surface area contributed by atoms with E-state index in [1.165, 1.54) is 30.7 Å². The zero-order valence-corrected chi connectivity index (χ0v) is 12.7. The van der Waals surface area contributed by atoms with Crippen LogP contribution in [0.2, 0.25) is 0 Å². The van der Waals surface area contributed by atoms with Crippen LogP contribution < -0.4 is 5.32 Å². The molecule has 1 saturated heterocycles. The maximum atomic E-state index is 13.7. The highest BCUT2D eigenvalue weighted by Crippen LogP contribution is 2.18. The smallest absolute Gasteiger partial charge is 0.271 e. The average Bonchev–Trinajstić information content (AvgIpc) is 2.92. The number of carbonyl (C=O) groups is 1. The number of nitrogens with one attached hydrogen (secondary N) is 1. The molecule has 3 rings (SSSR count). The van der Waals surface area contributed by atoms with Crippen molar-refractivity contribution in [1.82, 2.24) is 20.2 Å². The molecular formula is C16H16F2N4O2. The largest absolute Gasteiger partial charge is 0.390 e. The number of likely N-dealkylation sites (tertiary alicyclic amines) is 1. The number of aliphatic hydroxyl groups excluding tert-OH is 1. The number of carbonyl (C=O) groups excluding carboxylic acids is 1. The van der Waals surface area contributed by atoms with Gasteiger partial charge >= 0.3 is 0 Å².